The standard InChI is InChI=1S/C11H11N5OS/c1-8(7-12)18-11-13-14-15-16(11)9-5-3-4-6-10(9)17-2/h3-6,8H,1-2H3. The Morgan fingerprint density at radius 2 is 2.22 bits per heavy atom. The summed E-state index contributed by atoms with van der Waals surface area (Å²) in [6.07, 6.45) is 0. The van der Waals surface area contributed by atoms with Gasteiger partial charge in [-0.05, 0) is 29.5 Å². The summed E-state index contributed by atoms with van der Waals surface area (Å²) in [5.74, 6) is 0.677. The molecular formula is C11H11N5OS. The van der Waals surface area contributed by atoms with Gasteiger partial charge in [-0.1, -0.05) is 23.9 Å². The van der Waals surface area contributed by atoms with E-state index in [4.69, 9.17) is 10.00 Å². The molecule has 0 aliphatic heterocycles. The van der Waals surface area contributed by atoms with Gasteiger partial charge in [0.2, 0.25) is 5.16 Å². The van der Waals surface area contributed by atoms with Crippen molar-refractivity contribution >= 4 is 11.8 Å². The van der Waals surface area contributed by atoms with Gasteiger partial charge >= 0.3 is 0 Å². The molecule has 1 unspecified atom stereocenters. The van der Waals surface area contributed by atoms with Crippen molar-refractivity contribution in [1.29, 1.82) is 5.26 Å². The van der Waals surface area contributed by atoms with Crippen molar-refractivity contribution in [2.45, 2.75) is 17.3 Å². The van der Waals surface area contributed by atoms with E-state index in [0.717, 1.165) is 5.69 Å². The predicted molar refractivity (Wildman–Crippen MR) is 66.6 cm³/mol. The zero-order valence-electron chi connectivity index (χ0n) is 9.94. The molecule has 18 heavy (non-hydrogen) atoms. The molecule has 0 N–H and O–H groups in total. The van der Waals surface area contributed by atoms with Crippen LogP contribution in [0, 0.1) is 11.3 Å². The molecule has 0 bridgehead atoms. The molecule has 0 aliphatic rings. The Kier molecular flexibility index (Phi) is 3.79. The van der Waals surface area contributed by atoms with E-state index < -0.39 is 0 Å². The maximum Gasteiger partial charge on any atom is 0.215 e. The van der Waals surface area contributed by atoms with Gasteiger partial charge in [-0.15, -0.1) is 5.10 Å². The van der Waals surface area contributed by atoms with Crippen LogP contribution in [0.2, 0.25) is 0 Å². The summed E-state index contributed by atoms with van der Waals surface area (Å²) in [4.78, 5) is 0. The first-order valence-corrected chi connectivity index (χ1v) is 6.12. The van der Waals surface area contributed by atoms with Gasteiger partial charge in [0.15, 0.2) is 0 Å². The molecule has 1 aromatic heterocycles. The summed E-state index contributed by atoms with van der Waals surface area (Å²) in [5, 5.41) is 20.6. The summed E-state index contributed by atoms with van der Waals surface area (Å²) in [6.45, 7) is 1.80. The predicted octanol–water partition coefficient (Wildman–Crippen LogP) is 1.68. The van der Waals surface area contributed by atoms with Crippen LogP contribution < -0.4 is 4.74 Å². The first-order valence-electron chi connectivity index (χ1n) is 5.24. The van der Waals surface area contributed by atoms with Gasteiger partial charge in [-0.3, -0.25) is 0 Å². The van der Waals surface area contributed by atoms with E-state index >= 15 is 0 Å². The smallest absolute Gasteiger partial charge is 0.215 e. The fourth-order valence-corrected chi connectivity index (χ4v) is 2.08. The Balaban J connectivity index is 2.40. The Bertz CT molecular complexity index is 577. The lowest BCUT2D eigenvalue weighted by Gasteiger charge is -2.09. The fourth-order valence-electron chi connectivity index (χ4n) is 1.39. The van der Waals surface area contributed by atoms with Gasteiger partial charge < -0.3 is 4.74 Å². The Morgan fingerprint density at radius 1 is 1.44 bits per heavy atom. The van der Waals surface area contributed by atoms with E-state index in [1.807, 2.05) is 24.3 Å². The molecular weight excluding hydrogens is 250 g/mol. The van der Waals surface area contributed by atoms with Crippen LogP contribution in [0.25, 0.3) is 5.69 Å². The number of para-hydroxylation sites is 2. The molecule has 0 fully saturated rings. The molecule has 1 heterocycles. The van der Waals surface area contributed by atoms with Crippen molar-refractivity contribution in [3.63, 3.8) is 0 Å². The second kappa shape index (κ2) is 5.51. The van der Waals surface area contributed by atoms with E-state index in [2.05, 4.69) is 21.6 Å². The SMILES string of the molecule is COc1ccccc1-n1nnnc1SC(C)C#N. The normalized spacial score (nSPS) is 11.8. The van der Waals surface area contributed by atoms with E-state index in [-0.39, 0.29) is 5.25 Å². The molecule has 0 spiro atoms. The van der Waals surface area contributed by atoms with Crippen LogP contribution in [0.15, 0.2) is 29.4 Å². The number of nitriles is 1. The highest BCUT2D eigenvalue weighted by molar-refractivity contribution is 8.00. The molecule has 2 rings (SSSR count). The number of aromatic nitrogens is 4. The first kappa shape index (κ1) is 12.4. The number of ether oxygens (including phenoxy) is 1. The number of nitrogens with zero attached hydrogens (tertiary/aromatic N) is 5. The monoisotopic (exact) mass is 261 g/mol. The third-order valence-corrected chi connectivity index (χ3v) is 3.14. The minimum absolute atomic E-state index is 0.218. The number of hydrogen-bond donors (Lipinski definition) is 0. The average molecular weight is 261 g/mol. The van der Waals surface area contributed by atoms with Crippen LogP contribution in [0.5, 0.6) is 5.75 Å². The van der Waals surface area contributed by atoms with Gasteiger partial charge in [0.25, 0.3) is 0 Å². The van der Waals surface area contributed by atoms with E-state index in [9.17, 15) is 0 Å². The molecule has 0 aliphatic carbocycles. The molecule has 1 atom stereocenters. The summed E-state index contributed by atoms with van der Waals surface area (Å²) in [6, 6.07) is 9.57. The second-order valence-corrected chi connectivity index (χ2v) is 4.74. The topological polar surface area (TPSA) is 76.6 Å². The average Bonchev–Trinajstić information content (AvgIpc) is 2.86. The first-order chi connectivity index (χ1) is 8.76. The van der Waals surface area contributed by atoms with Gasteiger partial charge in [0, 0.05) is 0 Å². The Hall–Kier alpha value is -2.07. The summed E-state index contributed by atoms with van der Waals surface area (Å²) in [7, 11) is 1.59. The molecule has 0 radical (unpaired) electrons. The molecule has 2 aromatic rings. The summed E-state index contributed by atoms with van der Waals surface area (Å²) in [5.41, 5.74) is 0.748. The molecule has 0 saturated heterocycles. The van der Waals surface area contributed by atoms with E-state index in [1.54, 1.807) is 18.7 Å². The highest BCUT2D eigenvalue weighted by atomic mass is 32.2. The van der Waals surface area contributed by atoms with Gasteiger partial charge in [0.05, 0.1) is 18.4 Å². The van der Waals surface area contributed by atoms with Crippen molar-refractivity contribution in [1.82, 2.24) is 20.2 Å². The van der Waals surface area contributed by atoms with Gasteiger partial charge in [-0.2, -0.15) is 9.94 Å². The quantitative estimate of drug-likeness (QED) is 0.779. The van der Waals surface area contributed by atoms with Crippen LogP contribution in [0.3, 0.4) is 0 Å². The lowest BCUT2D eigenvalue weighted by Crippen LogP contribution is -2.03. The number of rotatable bonds is 4. The van der Waals surface area contributed by atoms with Gasteiger partial charge in [0.1, 0.15) is 11.4 Å². The van der Waals surface area contributed by atoms with Crippen molar-refractivity contribution in [2.75, 3.05) is 7.11 Å². The number of benzene rings is 1. The van der Waals surface area contributed by atoms with Crippen LogP contribution in [0.4, 0.5) is 0 Å². The molecule has 92 valence electrons. The molecule has 0 saturated carbocycles. The number of methoxy groups -OCH3 is 1. The molecule has 6 nitrogen and oxygen atoms in total. The minimum Gasteiger partial charge on any atom is -0.494 e. The number of hydrogen-bond acceptors (Lipinski definition) is 6. The highest BCUT2D eigenvalue weighted by Gasteiger charge is 2.15. The van der Waals surface area contributed by atoms with Crippen molar-refractivity contribution in [3.05, 3.63) is 24.3 Å². The van der Waals surface area contributed by atoms with Crippen LogP contribution >= 0.6 is 11.8 Å². The molecule has 1 aromatic carbocycles. The van der Waals surface area contributed by atoms with Crippen LogP contribution in [-0.4, -0.2) is 32.6 Å². The zero-order valence-corrected chi connectivity index (χ0v) is 10.8. The maximum atomic E-state index is 8.82. The van der Waals surface area contributed by atoms with Crippen molar-refractivity contribution in [2.24, 2.45) is 0 Å². The fraction of sp³-hybridized carbons (Fsp3) is 0.273. The lowest BCUT2D eigenvalue weighted by atomic mass is 10.3. The molecule has 7 heteroatoms. The number of tetrazole rings is 1. The minimum atomic E-state index is -0.218. The molecule has 0 amide bonds. The van der Waals surface area contributed by atoms with Gasteiger partial charge in [-0.25, -0.2) is 0 Å². The Morgan fingerprint density at radius 3 is 2.94 bits per heavy atom. The maximum absolute atomic E-state index is 8.82. The lowest BCUT2D eigenvalue weighted by molar-refractivity contribution is 0.410. The summed E-state index contributed by atoms with van der Waals surface area (Å²) < 4.78 is 6.83. The number of thioether (sulfide) groups is 1. The third-order valence-electron chi connectivity index (χ3n) is 2.22. The zero-order chi connectivity index (χ0) is 13.0. The second-order valence-electron chi connectivity index (χ2n) is 3.43. The van der Waals surface area contributed by atoms with Crippen LogP contribution in [-0.2, 0) is 0 Å². The summed E-state index contributed by atoms with van der Waals surface area (Å²) >= 11 is 1.30. The van der Waals surface area contributed by atoms with Crippen molar-refractivity contribution in [3.8, 4) is 17.5 Å². The Labute approximate surface area is 109 Å². The van der Waals surface area contributed by atoms with E-state index in [0.29, 0.717) is 10.9 Å². The largest absolute Gasteiger partial charge is 0.494 e. The van der Waals surface area contributed by atoms with Crippen LogP contribution in [0.1, 0.15) is 6.92 Å². The third kappa shape index (κ3) is 2.43. The van der Waals surface area contributed by atoms with Crippen molar-refractivity contribution < 1.29 is 4.74 Å². The highest BCUT2D eigenvalue weighted by Crippen LogP contribution is 2.27. The van der Waals surface area contributed by atoms with E-state index in [1.165, 1.54) is 11.8 Å².